The molecule has 0 amide bonds. The van der Waals surface area contributed by atoms with Crippen LogP contribution < -0.4 is 10.1 Å². The van der Waals surface area contributed by atoms with Crippen molar-refractivity contribution in [3.8, 4) is 5.75 Å². The molecule has 1 aliphatic carbocycles. The third-order valence-corrected chi connectivity index (χ3v) is 4.94. The van der Waals surface area contributed by atoms with Gasteiger partial charge in [0, 0.05) is 17.0 Å². The van der Waals surface area contributed by atoms with Crippen molar-refractivity contribution in [2.45, 2.75) is 31.8 Å². The SMILES string of the molecule is COc1ccc([C@H](C)NC(c2cccs2)C2CC2)cc1. The van der Waals surface area contributed by atoms with Crippen molar-refractivity contribution in [3.05, 3.63) is 52.2 Å². The van der Waals surface area contributed by atoms with Crippen LogP contribution in [-0.4, -0.2) is 7.11 Å². The molecule has 1 aromatic carbocycles. The van der Waals surface area contributed by atoms with E-state index in [1.165, 1.54) is 23.3 Å². The van der Waals surface area contributed by atoms with E-state index in [-0.39, 0.29) is 0 Å². The number of hydrogen-bond donors (Lipinski definition) is 1. The normalized spacial score (nSPS) is 17.7. The van der Waals surface area contributed by atoms with Crippen molar-refractivity contribution < 1.29 is 4.74 Å². The van der Waals surface area contributed by atoms with Crippen molar-refractivity contribution in [1.29, 1.82) is 0 Å². The molecule has 1 heterocycles. The molecule has 2 nitrogen and oxygen atoms in total. The largest absolute Gasteiger partial charge is 0.497 e. The Morgan fingerprint density at radius 3 is 2.50 bits per heavy atom. The summed E-state index contributed by atoms with van der Waals surface area (Å²) in [6.07, 6.45) is 2.70. The summed E-state index contributed by atoms with van der Waals surface area (Å²) in [5.74, 6) is 1.73. The van der Waals surface area contributed by atoms with E-state index < -0.39 is 0 Å². The van der Waals surface area contributed by atoms with Crippen LogP contribution in [0, 0.1) is 5.92 Å². The van der Waals surface area contributed by atoms with Crippen molar-refractivity contribution in [2.75, 3.05) is 7.11 Å². The molecule has 1 aromatic heterocycles. The van der Waals surface area contributed by atoms with Gasteiger partial charge in [-0.2, -0.15) is 0 Å². The van der Waals surface area contributed by atoms with E-state index in [1.807, 2.05) is 23.5 Å². The zero-order valence-electron chi connectivity index (χ0n) is 12.0. The average molecular weight is 287 g/mol. The van der Waals surface area contributed by atoms with Gasteiger partial charge in [0.1, 0.15) is 5.75 Å². The third-order valence-electron chi connectivity index (χ3n) is 3.99. The molecule has 3 rings (SSSR count). The van der Waals surface area contributed by atoms with Crippen LogP contribution in [0.5, 0.6) is 5.75 Å². The smallest absolute Gasteiger partial charge is 0.118 e. The second-order valence-corrected chi connectivity index (χ2v) is 6.47. The Bertz CT molecular complexity index is 531. The van der Waals surface area contributed by atoms with Crippen molar-refractivity contribution in [2.24, 2.45) is 5.92 Å². The molecule has 0 bridgehead atoms. The molecule has 2 atom stereocenters. The zero-order valence-corrected chi connectivity index (χ0v) is 12.8. The Kier molecular flexibility index (Phi) is 4.08. The van der Waals surface area contributed by atoms with Gasteiger partial charge in [0.15, 0.2) is 0 Å². The molecule has 20 heavy (non-hydrogen) atoms. The number of thiophene rings is 1. The maximum absolute atomic E-state index is 5.22. The van der Waals surface area contributed by atoms with E-state index in [1.54, 1.807) is 7.11 Å². The van der Waals surface area contributed by atoms with Crippen LogP contribution in [0.1, 0.15) is 42.3 Å². The molecule has 3 heteroatoms. The van der Waals surface area contributed by atoms with Crippen LogP contribution >= 0.6 is 11.3 Å². The molecule has 0 saturated heterocycles. The molecule has 1 saturated carbocycles. The number of methoxy groups -OCH3 is 1. The molecule has 1 fully saturated rings. The summed E-state index contributed by atoms with van der Waals surface area (Å²) in [4.78, 5) is 1.47. The minimum atomic E-state index is 0.355. The van der Waals surface area contributed by atoms with Crippen molar-refractivity contribution in [1.82, 2.24) is 5.32 Å². The monoisotopic (exact) mass is 287 g/mol. The lowest BCUT2D eigenvalue weighted by atomic mass is 10.0. The van der Waals surface area contributed by atoms with Gasteiger partial charge in [-0.05, 0) is 54.8 Å². The van der Waals surface area contributed by atoms with Crippen molar-refractivity contribution in [3.63, 3.8) is 0 Å². The topological polar surface area (TPSA) is 21.3 Å². The lowest BCUT2D eigenvalue weighted by Gasteiger charge is -2.23. The van der Waals surface area contributed by atoms with Gasteiger partial charge < -0.3 is 10.1 Å². The van der Waals surface area contributed by atoms with Gasteiger partial charge in [0.2, 0.25) is 0 Å². The van der Waals surface area contributed by atoms with Gasteiger partial charge in [-0.15, -0.1) is 11.3 Å². The summed E-state index contributed by atoms with van der Waals surface area (Å²) in [6, 6.07) is 13.6. The Balaban J connectivity index is 1.71. The highest BCUT2D eigenvalue weighted by atomic mass is 32.1. The molecule has 0 aliphatic heterocycles. The van der Waals surface area contributed by atoms with Gasteiger partial charge in [-0.3, -0.25) is 0 Å². The highest BCUT2D eigenvalue weighted by Crippen LogP contribution is 2.43. The summed E-state index contributed by atoms with van der Waals surface area (Å²) >= 11 is 1.86. The summed E-state index contributed by atoms with van der Waals surface area (Å²) in [5.41, 5.74) is 1.31. The highest BCUT2D eigenvalue weighted by Gasteiger charge is 2.33. The molecule has 2 aromatic rings. The lowest BCUT2D eigenvalue weighted by Crippen LogP contribution is -2.25. The molecule has 1 unspecified atom stereocenters. The molecular formula is C17H21NOS. The fraction of sp³-hybridized carbons (Fsp3) is 0.412. The Morgan fingerprint density at radius 1 is 1.20 bits per heavy atom. The fourth-order valence-corrected chi connectivity index (χ4v) is 3.48. The number of hydrogen-bond acceptors (Lipinski definition) is 3. The number of rotatable bonds is 6. The molecule has 1 N–H and O–H groups in total. The van der Waals surface area contributed by atoms with Crippen molar-refractivity contribution >= 4 is 11.3 Å². The Labute approximate surface area is 124 Å². The molecule has 0 radical (unpaired) electrons. The molecular weight excluding hydrogens is 266 g/mol. The Morgan fingerprint density at radius 2 is 1.95 bits per heavy atom. The predicted molar refractivity (Wildman–Crippen MR) is 84.3 cm³/mol. The van der Waals surface area contributed by atoms with E-state index in [0.717, 1.165) is 11.7 Å². The van der Waals surface area contributed by atoms with Crippen LogP contribution in [0.15, 0.2) is 41.8 Å². The molecule has 1 aliphatic rings. The number of benzene rings is 1. The Hall–Kier alpha value is -1.32. The first-order valence-corrected chi connectivity index (χ1v) is 8.09. The second kappa shape index (κ2) is 5.98. The highest BCUT2D eigenvalue weighted by molar-refractivity contribution is 7.10. The van der Waals surface area contributed by atoms with E-state index in [4.69, 9.17) is 4.74 Å². The quantitative estimate of drug-likeness (QED) is 0.841. The van der Waals surface area contributed by atoms with Gasteiger partial charge in [-0.1, -0.05) is 18.2 Å². The van der Waals surface area contributed by atoms with Crippen LogP contribution in [0.2, 0.25) is 0 Å². The summed E-state index contributed by atoms with van der Waals surface area (Å²) < 4.78 is 5.22. The maximum Gasteiger partial charge on any atom is 0.118 e. The number of nitrogens with one attached hydrogen (secondary N) is 1. The van der Waals surface area contributed by atoms with Crippen LogP contribution in [-0.2, 0) is 0 Å². The van der Waals surface area contributed by atoms with Gasteiger partial charge >= 0.3 is 0 Å². The standard InChI is InChI=1S/C17H21NOS/c1-12(13-7-9-15(19-2)10-8-13)18-17(14-5-6-14)16-4-3-11-20-16/h3-4,7-12,14,17-18H,5-6H2,1-2H3/t12-,17?/m0/s1. The fourth-order valence-electron chi connectivity index (χ4n) is 2.61. The number of ether oxygens (including phenoxy) is 1. The lowest BCUT2D eigenvalue weighted by molar-refractivity contribution is 0.412. The van der Waals surface area contributed by atoms with Gasteiger partial charge in [0.25, 0.3) is 0 Å². The average Bonchev–Trinajstić information content (AvgIpc) is 3.19. The summed E-state index contributed by atoms with van der Waals surface area (Å²) in [7, 11) is 1.70. The minimum Gasteiger partial charge on any atom is -0.497 e. The molecule has 0 spiro atoms. The first-order chi connectivity index (χ1) is 9.78. The predicted octanol–water partition coefficient (Wildman–Crippen LogP) is 4.56. The third kappa shape index (κ3) is 3.05. The minimum absolute atomic E-state index is 0.355. The second-order valence-electron chi connectivity index (χ2n) is 5.49. The summed E-state index contributed by atoms with van der Waals surface area (Å²) in [6.45, 7) is 2.24. The van der Waals surface area contributed by atoms with E-state index >= 15 is 0 Å². The van der Waals surface area contributed by atoms with E-state index in [0.29, 0.717) is 12.1 Å². The maximum atomic E-state index is 5.22. The molecule has 106 valence electrons. The summed E-state index contributed by atoms with van der Waals surface area (Å²) in [5, 5.41) is 5.98. The van der Waals surface area contributed by atoms with Gasteiger partial charge in [-0.25, -0.2) is 0 Å². The van der Waals surface area contributed by atoms with Crippen LogP contribution in [0.4, 0.5) is 0 Å². The zero-order chi connectivity index (χ0) is 13.9. The van der Waals surface area contributed by atoms with E-state index in [9.17, 15) is 0 Å². The first-order valence-electron chi connectivity index (χ1n) is 7.21. The van der Waals surface area contributed by atoms with Gasteiger partial charge in [0.05, 0.1) is 7.11 Å². The van der Waals surface area contributed by atoms with Crippen LogP contribution in [0.3, 0.4) is 0 Å². The first kappa shape index (κ1) is 13.7. The van der Waals surface area contributed by atoms with E-state index in [2.05, 4.69) is 41.9 Å². The van der Waals surface area contributed by atoms with Crippen LogP contribution in [0.25, 0.3) is 0 Å².